The third-order valence-electron chi connectivity index (χ3n) is 4.76. The molecule has 3 aromatic rings. The van der Waals surface area contributed by atoms with E-state index >= 15 is 0 Å². The van der Waals surface area contributed by atoms with E-state index in [1.54, 1.807) is 20.0 Å². The normalized spacial score (nSPS) is 12.4. The Hall–Kier alpha value is -2.24. The van der Waals surface area contributed by atoms with Crippen molar-refractivity contribution < 1.29 is 9.76 Å². The summed E-state index contributed by atoms with van der Waals surface area (Å²) in [6, 6.07) is 15.9. The van der Waals surface area contributed by atoms with Gasteiger partial charge in [0.1, 0.15) is 0 Å². The SMILES string of the molecule is CC(C)(O)C(C)(C)OBc1ccc2ccc(-c3ccccn3)nc2c1. The lowest BCUT2D eigenvalue weighted by Gasteiger charge is -2.37. The van der Waals surface area contributed by atoms with Crippen LogP contribution in [-0.4, -0.2) is 33.8 Å². The smallest absolute Gasteiger partial charge is 0.309 e. The lowest BCUT2D eigenvalue weighted by Crippen LogP contribution is -2.49. The van der Waals surface area contributed by atoms with Crippen LogP contribution in [0.5, 0.6) is 0 Å². The van der Waals surface area contributed by atoms with Gasteiger partial charge in [0, 0.05) is 11.6 Å². The van der Waals surface area contributed by atoms with Gasteiger partial charge in [0.05, 0.1) is 28.1 Å². The van der Waals surface area contributed by atoms with E-state index in [4.69, 9.17) is 9.64 Å². The van der Waals surface area contributed by atoms with Crippen molar-refractivity contribution in [1.29, 1.82) is 0 Å². The third-order valence-corrected chi connectivity index (χ3v) is 4.76. The van der Waals surface area contributed by atoms with Crippen LogP contribution in [0.15, 0.2) is 54.7 Å². The fourth-order valence-corrected chi connectivity index (χ4v) is 2.35. The van der Waals surface area contributed by atoms with Crippen molar-refractivity contribution in [3.05, 3.63) is 54.7 Å². The number of aromatic nitrogens is 2. The average Bonchev–Trinajstić information content (AvgIpc) is 2.59. The van der Waals surface area contributed by atoms with Gasteiger partial charge in [-0.15, -0.1) is 0 Å². The van der Waals surface area contributed by atoms with E-state index in [0.29, 0.717) is 7.48 Å². The van der Waals surface area contributed by atoms with E-state index in [0.717, 1.165) is 27.8 Å². The summed E-state index contributed by atoms with van der Waals surface area (Å²) in [6.45, 7) is 7.30. The van der Waals surface area contributed by atoms with Gasteiger partial charge < -0.3 is 9.76 Å². The summed E-state index contributed by atoms with van der Waals surface area (Å²) in [5.74, 6) is 0. The van der Waals surface area contributed by atoms with Gasteiger partial charge in [0.15, 0.2) is 0 Å². The molecule has 0 bridgehead atoms. The standard InChI is InChI=1S/C20H23BN2O2/c1-19(2,24)20(3,4)25-21-15-10-8-14-9-11-17(23-18(14)13-15)16-7-5-6-12-22-16/h5-13,21,24H,1-4H3. The molecule has 0 atom stereocenters. The van der Waals surface area contributed by atoms with Crippen molar-refractivity contribution in [3.8, 4) is 11.4 Å². The Balaban J connectivity index is 1.86. The summed E-state index contributed by atoms with van der Waals surface area (Å²) in [5.41, 5.74) is 2.07. The fraction of sp³-hybridized carbons (Fsp3) is 0.300. The molecule has 0 fully saturated rings. The van der Waals surface area contributed by atoms with E-state index < -0.39 is 11.2 Å². The number of rotatable bonds is 5. The zero-order valence-corrected chi connectivity index (χ0v) is 15.2. The number of benzene rings is 1. The highest BCUT2D eigenvalue weighted by molar-refractivity contribution is 6.47. The van der Waals surface area contributed by atoms with E-state index in [2.05, 4.69) is 11.1 Å². The Morgan fingerprint density at radius 2 is 1.72 bits per heavy atom. The van der Waals surface area contributed by atoms with E-state index in [9.17, 15) is 5.11 Å². The van der Waals surface area contributed by atoms with Crippen molar-refractivity contribution in [3.63, 3.8) is 0 Å². The van der Waals surface area contributed by atoms with Gasteiger partial charge in [-0.2, -0.15) is 0 Å². The Bertz CT molecular complexity index is 874. The molecule has 1 N–H and O–H groups in total. The van der Waals surface area contributed by atoms with Gasteiger partial charge in [0.25, 0.3) is 0 Å². The van der Waals surface area contributed by atoms with Crippen LogP contribution < -0.4 is 5.46 Å². The van der Waals surface area contributed by atoms with Gasteiger partial charge in [-0.3, -0.25) is 4.98 Å². The average molecular weight is 334 g/mol. The highest BCUT2D eigenvalue weighted by Crippen LogP contribution is 2.24. The summed E-state index contributed by atoms with van der Waals surface area (Å²) >= 11 is 0. The minimum atomic E-state index is -0.922. The minimum absolute atomic E-state index is 0.419. The van der Waals surface area contributed by atoms with E-state index in [1.807, 2.05) is 56.3 Å². The van der Waals surface area contributed by atoms with Crippen molar-refractivity contribution in [2.75, 3.05) is 0 Å². The first kappa shape index (κ1) is 17.6. The number of hydrogen-bond donors (Lipinski definition) is 1. The molecule has 1 aromatic carbocycles. The summed E-state index contributed by atoms with van der Waals surface area (Å²) in [7, 11) is 0.419. The van der Waals surface area contributed by atoms with Crippen molar-refractivity contribution >= 4 is 23.8 Å². The molecule has 0 aliphatic heterocycles. The summed E-state index contributed by atoms with van der Waals surface area (Å²) < 4.78 is 5.95. The zero-order valence-electron chi connectivity index (χ0n) is 15.2. The fourth-order valence-electron chi connectivity index (χ4n) is 2.35. The molecule has 0 unspecified atom stereocenters. The first-order valence-electron chi connectivity index (χ1n) is 8.44. The van der Waals surface area contributed by atoms with Gasteiger partial charge in [-0.05, 0) is 52.0 Å². The minimum Gasteiger partial charge on any atom is -0.427 e. The highest BCUT2D eigenvalue weighted by Gasteiger charge is 2.35. The second-order valence-corrected chi connectivity index (χ2v) is 7.30. The summed E-state index contributed by atoms with van der Waals surface area (Å²) in [4.78, 5) is 9.09. The Labute approximate surface area is 149 Å². The molecule has 2 aromatic heterocycles. The molecule has 0 radical (unpaired) electrons. The maximum Gasteiger partial charge on any atom is 0.309 e. The number of fused-ring (bicyclic) bond motifs is 1. The van der Waals surface area contributed by atoms with Crippen LogP contribution in [0.1, 0.15) is 27.7 Å². The molecule has 0 aliphatic rings. The molecule has 128 valence electrons. The molecule has 0 aliphatic carbocycles. The molecule has 0 saturated heterocycles. The number of nitrogens with zero attached hydrogens (tertiary/aromatic N) is 2. The number of aliphatic hydroxyl groups is 1. The van der Waals surface area contributed by atoms with Crippen LogP contribution in [0, 0.1) is 0 Å². The number of pyridine rings is 2. The van der Waals surface area contributed by atoms with Crippen LogP contribution in [-0.2, 0) is 4.65 Å². The molecule has 2 heterocycles. The maximum atomic E-state index is 10.2. The van der Waals surface area contributed by atoms with Crippen molar-refractivity contribution in [2.45, 2.75) is 38.9 Å². The maximum absolute atomic E-state index is 10.2. The Morgan fingerprint density at radius 1 is 0.960 bits per heavy atom. The molecular weight excluding hydrogens is 311 g/mol. The molecule has 0 amide bonds. The van der Waals surface area contributed by atoms with Gasteiger partial charge in [0.2, 0.25) is 0 Å². The molecule has 0 spiro atoms. The number of hydrogen-bond acceptors (Lipinski definition) is 4. The Kier molecular flexibility index (Phi) is 4.63. The van der Waals surface area contributed by atoms with Crippen LogP contribution in [0.2, 0.25) is 0 Å². The van der Waals surface area contributed by atoms with Gasteiger partial charge >= 0.3 is 7.48 Å². The predicted octanol–water partition coefficient (Wildman–Crippen LogP) is 2.84. The van der Waals surface area contributed by atoms with Gasteiger partial charge in [-0.25, -0.2) is 4.98 Å². The topological polar surface area (TPSA) is 55.2 Å². The summed E-state index contributed by atoms with van der Waals surface area (Å²) in [6.07, 6.45) is 1.77. The van der Waals surface area contributed by atoms with Crippen LogP contribution in [0.25, 0.3) is 22.3 Å². The molecule has 25 heavy (non-hydrogen) atoms. The molecular formula is C20H23BN2O2. The van der Waals surface area contributed by atoms with Crippen LogP contribution in [0.3, 0.4) is 0 Å². The first-order chi connectivity index (χ1) is 11.8. The van der Waals surface area contributed by atoms with E-state index in [1.165, 1.54) is 0 Å². The molecule has 4 nitrogen and oxygen atoms in total. The largest absolute Gasteiger partial charge is 0.427 e. The van der Waals surface area contributed by atoms with Gasteiger partial charge in [-0.1, -0.05) is 29.7 Å². The Morgan fingerprint density at radius 3 is 2.40 bits per heavy atom. The van der Waals surface area contributed by atoms with E-state index in [-0.39, 0.29) is 0 Å². The quantitative estimate of drug-likeness (QED) is 0.729. The lowest BCUT2D eigenvalue weighted by molar-refractivity contribution is -0.0893. The second kappa shape index (κ2) is 6.58. The van der Waals surface area contributed by atoms with Crippen molar-refractivity contribution in [2.24, 2.45) is 0 Å². The van der Waals surface area contributed by atoms with Crippen molar-refractivity contribution in [1.82, 2.24) is 9.97 Å². The molecule has 0 saturated carbocycles. The monoisotopic (exact) mass is 334 g/mol. The van der Waals surface area contributed by atoms with Crippen LogP contribution >= 0.6 is 0 Å². The lowest BCUT2D eigenvalue weighted by atomic mass is 9.82. The predicted molar refractivity (Wildman–Crippen MR) is 103 cm³/mol. The van der Waals surface area contributed by atoms with Crippen LogP contribution in [0.4, 0.5) is 0 Å². The zero-order chi connectivity index (χ0) is 18.1. The highest BCUT2D eigenvalue weighted by atomic mass is 16.5. The summed E-state index contributed by atoms with van der Waals surface area (Å²) in [5, 5.41) is 11.3. The molecule has 5 heteroatoms. The third kappa shape index (κ3) is 3.89. The molecule has 3 rings (SSSR count). The second-order valence-electron chi connectivity index (χ2n) is 7.30. The first-order valence-corrected chi connectivity index (χ1v) is 8.44.